The van der Waals surface area contributed by atoms with Gasteiger partial charge in [0.05, 0.1) is 17.9 Å². The number of hydrogen-bond donors (Lipinski definition) is 0. The van der Waals surface area contributed by atoms with Gasteiger partial charge >= 0.3 is 11.9 Å². The lowest BCUT2D eigenvalue weighted by Crippen LogP contribution is -2.63. The second-order valence-electron chi connectivity index (χ2n) is 11.0. The van der Waals surface area contributed by atoms with Crippen LogP contribution in [0.4, 0.5) is 0 Å². The van der Waals surface area contributed by atoms with E-state index in [0.29, 0.717) is 11.5 Å². The van der Waals surface area contributed by atoms with Crippen LogP contribution in [0.1, 0.15) is 50.7 Å². The summed E-state index contributed by atoms with van der Waals surface area (Å²) in [4.78, 5) is 50.5. The zero-order valence-corrected chi connectivity index (χ0v) is 24.3. The first-order chi connectivity index (χ1) is 20.3. The van der Waals surface area contributed by atoms with Gasteiger partial charge in [-0.3, -0.25) is 9.68 Å². The lowest BCUT2D eigenvalue weighted by molar-refractivity contribution is -0.271. The van der Waals surface area contributed by atoms with E-state index >= 15 is 0 Å². The van der Waals surface area contributed by atoms with Crippen molar-refractivity contribution in [1.29, 1.82) is 0 Å². The zero-order chi connectivity index (χ0) is 30.0. The van der Waals surface area contributed by atoms with Crippen molar-refractivity contribution in [2.45, 2.75) is 45.6 Å². The van der Waals surface area contributed by atoms with Crippen molar-refractivity contribution in [2.75, 3.05) is 19.8 Å². The number of carbonyl (C=O) groups is 3. The summed E-state index contributed by atoms with van der Waals surface area (Å²) in [6.07, 6.45) is 5.02. The molecular formula is C34H37NO7. The van der Waals surface area contributed by atoms with E-state index in [1.54, 1.807) is 6.92 Å². The van der Waals surface area contributed by atoms with Crippen LogP contribution in [0.15, 0.2) is 79.0 Å². The first-order valence-corrected chi connectivity index (χ1v) is 14.5. The summed E-state index contributed by atoms with van der Waals surface area (Å²) < 4.78 is 11.9. The fraction of sp³-hybridized carbons (Fsp3) is 0.382. The van der Waals surface area contributed by atoms with Gasteiger partial charge < -0.3 is 14.4 Å². The summed E-state index contributed by atoms with van der Waals surface area (Å²) >= 11 is 0. The van der Waals surface area contributed by atoms with Crippen LogP contribution in [0.25, 0.3) is 11.1 Å². The Morgan fingerprint density at radius 3 is 2.52 bits per heavy atom. The Morgan fingerprint density at radius 2 is 1.79 bits per heavy atom. The van der Waals surface area contributed by atoms with E-state index in [0.717, 1.165) is 29.7 Å². The summed E-state index contributed by atoms with van der Waals surface area (Å²) in [6.45, 7) is 13.0. The Morgan fingerprint density at radius 1 is 1.05 bits per heavy atom. The third-order valence-electron chi connectivity index (χ3n) is 8.56. The lowest BCUT2D eigenvalue weighted by Gasteiger charge is -2.47. The monoisotopic (exact) mass is 571 g/mol. The molecule has 1 saturated heterocycles. The number of benzene rings is 2. The molecular weight excluding hydrogens is 534 g/mol. The molecule has 2 aliphatic heterocycles. The highest BCUT2D eigenvalue weighted by molar-refractivity contribution is 6.02. The number of fused-ring (bicyclic) bond motifs is 4. The van der Waals surface area contributed by atoms with E-state index in [9.17, 15) is 14.4 Å². The Bertz CT molecular complexity index is 1440. The van der Waals surface area contributed by atoms with Gasteiger partial charge in [0.2, 0.25) is 5.91 Å². The molecule has 2 aromatic rings. The molecule has 220 valence electrons. The smallest absolute Gasteiger partial charge is 0.355 e. The van der Waals surface area contributed by atoms with E-state index in [-0.39, 0.29) is 37.3 Å². The maximum atomic E-state index is 13.4. The predicted octanol–water partition coefficient (Wildman–Crippen LogP) is 5.73. The molecule has 0 aromatic heterocycles. The van der Waals surface area contributed by atoms with Crippen LogP contribution in [-0.4, -0.2) is 48.6 Å². The summed E-state index contributed by atoms with van der Waals surface area (Å²) in [7, 11) is 0. The number of amides is 1. The average molecular weight is 572 g/mol. The molecule has 4 unspecified atom stereocenters. The Kier molecular flexibility index (Phi) is 8.64. The van der Waals surface area contributed by atoms with Crippen LogP contribution in [0.3, 0.4) is 0 Å². The number of hydrogen-bond acceptors (Lipinski definition) is 7. The van der Waals surface area contributed by atoms with Crippen LogP contribution in [0, 0.1) is 17.8 Å². The molecule has 0 bridgehead atoms. The zero-order valence-electron chi connectivity index (χ0n) is 24.3. The molecule has 0 N–H and O–H groups in total. The van der Waals surface area contributed by atoms with E-state index in [4.69, 9.17) is 19.2 Å². The second kappa shape index (κ2) is 12.4. The van der Waals surface area contributed by atoms with Gasteiger partial charge in [-0.25, -0.2) is 9.59 Å². The van der Waals surface area contributed by atoms with Crippen LogP contribution in [-0.2, 0) is 28.9 Å². The Hall–Kier alpha value is -4.17. The predicted molar refractivity (Wildman–Crippen MR) is 157 cm³/mol. The molecule has 0 radical (unpaired) electrons. The van der Waals surface area contributed by atoms with Crippen molar-refractivity contribution >= 4 is 17.8 Å². The van der Waals surface area contributed by atoms with Crippen molar-refractivity contribution in [3.8, 4) is 16.9 Å². The number of ether oxygens (including phenoxy) is 2. The van der Waals surface area contributed by atoms with Crippen LogP contribution < -0.4 is 4.74 Å². The molecule has 5 rings (SSSR count). The number of rotatable bonds is 13. The average Bonchev–Trinajstić information content (AvgIpc) is 3.44. The topological polar surface area (TPSA) is 91.4 Å². The molecule has 1 fully saturated rings. The highest BCUT2D eigenvalue weighted by Gasteiger charge is 2.61. The molecule has 5 atom stereocenters. The molecule has 8 nitrogen and oxygen atoms in total. The maximum absolute atomic E-state index is 13.4. The molecule has 1 amide bonds. The number of β-lactam (4-membered cyclic amide) rings is 1. The highest BCUT2D eigenvalue weighted by Crippen LogP contribution is 2.52. The molecule has 3 aliphatic rings. The molecule has 8 heteroatoms. The molecule has 1 aliphatic carbocycles. The summed E-state index contributed by atoms with van der Waals surface area (Å²) in [5.41, 5.74) is 5.59. The van der Waals surface area contributed by atoms with E-state index in [2.05, 4.69) is 44.3 Å². The molecule has 2 heterocycles. The van der Waals surface area contributed by atoms with Crippen molar-refractivity contribution in [3.63, 3.8) is 0 Å². The lowest BCUT2D eigenvalue weighted by atomic mass is 9.74. The van der Waals surface area contributed by atoms with Crippen molar-refractivity contribution in [1.82, 2.24) is 4.90 Å². The third kappa shape index (κ3) is 4.94. The minimum atomic E-state index is -0.777. The normalized spacial score (nSPS) is 22.5. The van der Waals surface area contributed by atoms with E-state index < -0.39 is 29.8 Å². The largest absolute Gasteiger partial charge is 0.488 e. The fourth-order valence-corrected chi connectivity index (χ4v) is 6.61. The summed E-state index contributed by atoms with van der Waals surface area (Å²) in [6, 6.07) is 14.1. The van der Waals surface area contributed by atoms with Gasteiger partial charge in [-0.05, 0) is 29.2 Å². The highest BCUT2D eigenvalue weighted by atomic mass is 17.2. The standard InChI is InChI=1S/C34H37NO7/c1-6-12-22-23-13-9-10-14-24(23)29-25(22)15-11-16-27(29)40-19-26-20(4)30-28(21(5)33(37)42-41-18-8-3)32(36)35(30)31(26)34(38)39-17-7-2/h7-11,13-16,20-22,28,30H,2-3,6,12,17-19H2,1,4-5H3/t20-,21?,22?,28?,30?/m0/s1. The van der Waals surface area contributed by atoms with Gasteiger partial charge in [-0.2, -0.15) is 4.89 Å². The van der Waals surface area contributed by atoms with Gasteiger partial charge in [-0.15, -0.1) is 6.58 Å². The molecule has 42 heavy (non-hydrogen) atoms. The molecule has 0 spiro atoms. The molecule has 2 aromatic carbocycles. The SMILES string of the molecule is C=CCOOC(=O)C(C)C1C(=O)N2C(C(=O)OCC=C)=C(COc3cccc4c3-c3ccccc3C4CCC)[C@H](C)C12. The van der Waals surface area contributed by atoms with Crippen molar-refractivity contribution < 1.29 is 33.6 Å². The van der Waals surface area contributed by atoms with Crippen LogP contribution in [0.5, 0.6) is 5.75 Å². The van der Waals surface area contributed by atoms with E-state index in [1.165, 1.54) is 28.2 Å². The minimum absolute atomic E-state index is 0.00609. The van der Waals surface area contributed by atoms with Gasteiger partial charge in [0.25, 0.3) is 0 Å². The van der Waals surface area contributed by atoms with Crippen LogP contribution >= 0.6 is 0 Å². The third-order valence-corrected chi connectivity index (χ3v) is 8.56. The van der Waals surface area contributed by atoms with Crippen molar-refractivity contribution in [3.05, 3.63) is 90.2 Å². The van der Waals surface area contributed by atoms with Crippen molar-refractivity contribution in [2.24, 2.45) is 17.8 Å². The van der Waals surface area contributed by atoms with Gasteiger partial charge in [-0.1, -0.05) is 82.3 Å². The minimum Gasteiger partial charge on any atom is -0.488 e. The van der Waals surface area contributed by atoms with E-state index in [1.807, 2.05) is 25.1 Å². The van der Waals surface area contributed by atoms with Gasteiger partial charge in [0, 0.05) is 23.0 Å². The van der Waals surface area contributed by atoms with Gasteiger partial charge in [0.1, 0.15) is 31.3 Å². The Balaban J connectivity index is 1.43. The number of nitrogens with zero attached hydrogens (tertiary/aromatic N) is 1. The molecule has 0 saturated carbocycles. The number of carbonyl (C=O) groups excluding carboxylic acids is 3. The second-order valence-corrected chi connectivity index (χ2v) is 11.0. The fourth-order valence-electron chi connectivity index (χ4n) is 6.61. The maximum Gasteiger partial charge on any atom is 0.355 e. The summed E-state index contributed by atoms with van der Waals surface area (Å²) in [5, 5.41) is 0. The first-order valence-electron chi connectivity index (χ1n) is 14.5. The van der Waals surface area contributed by atoms with Gasteiger partial charge in [0.15, 0.2) is 0 Å². The van der Waals surface area contributed by atoms with Crippen LogP contribution in [0.2, 0.25) is 0 Å². The quantitative estimate of drug-likeness (QED) is 0.0757. The first kappa shape index (κ1) is 29.3. The summed E-state index contributed by atoms with van der Waals surface area (Å²) in [5.74, 6) is -2.30. The number of esters is 1. The Labute approximate surface area is 246 Å².